The Morgan fingerprint density at radius 3 is 2.89 bits per heavy atom. The van der Waals surface area contributed by atoms with Crippen LogP contribution in [0.15, 0.2) is 34.3 Å². The second-order valence-electron chi connectivity index (χ2n) is 5.16. The van der Waals surface area contributed by atoms with Crippen LogP contribution in [0.3, 0.4) is 0 Å². The molecule has 3 rings (SSSR count). The van der Waals surface area contributed by atoms with Crippen molar-refractivity contribution in [2.24, 2.45) is 0 Å². The molecule has 0 amide bonds. The van der Waals surface area contributed by atoms with Crippen molar-refractivity contribution in [2.75, 3.05) is 0 Å². The number of rotatable bonds is 2. The van der Waals surface area contributed by atoms with Crippen molar-refractivity contribution < 1.29 is 13.9 Å². The molecule has 0 aliphatic heterocycles. The highest BCUT2D eigenvalue weighted by Gasteiger charge is 2.22. The maximum atomic E-state index is 13.3. The number of aryl methyl sites for hydroxylation is 1. The normalized spacial score (nSPS) is 17.5. The molecule has 0 saturated heterocycles. The molecule has 1 heterocycles. The Hall–Kier alpha value is -1.61. The Labute approximate surface area is 111 Å². The lowest BCUT2D eigenvalue weighted by Crippen LogP contribution is -2.04. The summed E-state index contributed by atoms with van der Waals surface area (Å²) in [4.78, 5) is 0. The zero-order valence-electron chi connectivity index (χ0n) is 10.9. The van der Waals surface area contributed by atoms with E-state index in [-0.39, 0.29) is 5.82 Å². The van der Waals surface area contributed by atoms with Gasteiger partial charge in [-0.3, -0.25) is 0 Å². The quantitative estimate of drug-likeness (QED) is 0.811. The SMILES string of the molecule is Cc1c(C(O)C2=CCCCC2)oc2ccc(F)cc12. The van der Waals surface area contributed by atoms with E-state index in [1.807, 2.05) is 6.92 Å². The molecule has 1 aliphatic rings. The van der Waals surface area contributed by atoms with Crippen LogP contribution in [-0.2, 0) is 0 Å². The Morgan fingerprint density at radius 1 is 1.32 bits per heavy atom. The maximum absolute atomic E-state index is 13.3. The number of fused-ring (bicyclic) bond motifs is 1. The summed E-state index contributed by atoms with van der Waals surface area (Å²) in [6.07, 6.45) is 5.61. The molecule has 1 aromatic carbocycles. The highest BCUT2D eigenvalue weighted by molar-refractivity contribution is 5.82. The first-order valence-corrected chi connectivity index (χ1v) is 6.72. The van der Waals surface area contributed by atoms with Crippen LogP contribution in [-0.4, -0.2) is 5.11 Å². The minimum atomic E-state index is -0.698. The molecular formula is C16H17FO2. The molecule has 2 nitrogen and oxygen atoms in total. The molecule has 1 unspecified atom stereocenters. The summed E-state index contributed by atoms with van der Waals surface area (Å²) >= 11 is 0. The third-order valence-electron chi connectivity index (χ3n) is 3.86. The standard InChI is InChI=1S/C16H17FO2/c1-10-13-9-12(17)7-8-14(13)19-16(10)15(18)11-5-3-2-4-6-11/h5,7-9,15,18H,2-4,6H2,1H3. The average molecular weight is 260 g/mol. The molecular weight excluding hydrogens is 243 g/mol. The first-order chi connectivity index (χ1) is 9.16. The molecule has 0 radical (unpaired) electrons. The van der Waals surface area contributed by atoms with Gasteiger partial charge in [0.05, 0.1) is 0 Å². The molecule has 19 heavy (non-hydrogen) atoms. The van der Waals surface area contributed by atoms with Crippen LogP contribution in [0.1, 0.15) is 43.1 Å². The second-order valence-corrected chi connectivity index (χ2v) is 5.16. The van der Waals surface area contributed by atoms with Gasteiger partial charge in [-0.05, 0) is 56.4 Å². The third-order valence-corrected chi connectivity index (χ3v) is 3.86. The molecule has 100 valence electrons. The number of aliphatic hydroxyl groups excluding tert-OH is 1. The molecule has 0 saturated carbocycles. The van der Waals surface area contributed by atoms with Gasteiger partial charge in [-0.2, -0.15) is 0 Å². The molecule has 0 bridgehead atoms. The highest BCUT2D eigenvalue weighted by atomic mass is 19.1. The van der Waals surface area contributed by atoms with Crippen molar-refractivity contribution in [1.82, 2.24) is 0 Å². The van der Waals surface area contributed by atoms with Gasteiger partial charge in [0.2, 0.25) is 0 Å². The van der Waals surface area contributed by atoms with Crippen molar-refractivity contribution in [3.8, 4) is 0 Å². The molecule has 1 aromatic heterocycles. The number of halogens is 1. The minimum Gasteiger partial charge on any atom is -0.458 e. The van der Waals surface area contributed by atoms with Crippen LogP contribution in [0.2, 0.25) is 0 Å². The predicted molar refractivity (Wildman–Crippen MR) is 72.4 cm³/mol. The summed E-state index contributed by atoms with van der Waals surface area (Å²) in [5, 5.41) is 11.2. The zero-order chi connectivity index (χ0) is 13.4. The van der Waals surface area contributed by atoms with E-state index in [9.17, 15) is 9.50 Å². The van der Waals surface area contributed by atoms with Gasteiger partial charge < -0.3 is 9.52 Å². The zero-order valence-corrected chi connectivity index (χ0v) is 10.9. The van der Waals surface area contributed by atoms with E-state index in [2.05, 4.69) is 6.08 Å². The van der Waals surface area contributed by atoms with Crippen molar-refractivity contribution >= 4 is 11.0 Å². The van der Waals surface area contributed by atoms with Crippen molar-refractivity contribution in [2.45, 2.75) is 38.7 Å². The highest BCUT2D eigenvalue weighted by Crippen LogP contribution is 2.36. The third kappa shape index (κ3) is 2.19. The first-order valence-electron chi connectivity index (χ1n) is 6.72. The fraction of sp³-hybridized carbons (Fsp3) is 0.375. The molecule has 0 fully saturated rings. The van der Waals surface area contributed by atoms with Gasteiger partial charge in [0.1, 0.15) is 23.3 Å². The van der Waals surface area contributed by atoms with Gasteiger partial charge in [-0.15, -0.1) is 0 Å². The van der Waals surface area contributed by atoms with E-state index >= 15 is 0 Å². The summed E-state index contributed by atoms with van der Waals surface area (Å²) in [5.74, 6) is 0.267. The Kier molecular flexibility index (Phi) is 3.15. The van der Waals surface area contributed by atoms with Gasteiger partial charge in [0.15, 0.2) is 0 Å². The van der Waals surface area contributed by atoms with Gasteiger partial charge in [-0.1, -0.05) is 6.08 Å². The van der Waals surface area contributed by atoms with Gasteiger partial charge >= 0.3 is 0 Å². The van der Waals surface area contributed by atoms with E-state index in [0.29, 0.717) is 11.3 Å². The molecule has 0 spiro atoms. The number of aliphatic hydroxyl groups is 1. The van der Waals surface area contributed by atoms with Crippen LogP contribution >= 0.6 is 0 Å². The van der Waals surface area contributed by atoms with Gasteiger partial charge in [-0.25, -0.2) is 4.39 Å². The summed E-state index contributed by atoms with van der Waals surface area (Å²) in [7, 11) is 0. The second kappa shape index (κ2) is 4.82. The minimum absolute atomic E-state index is 0.283. The van der Waals surface area contributed by atoms with Crippen LogP contribution in [0.25, 0.3) is 11.0 Å². The lowest BCUT2D eigenvalue weighted by Gasteiger charge is -2.17. The number of allylic oxidation sites excluding steroid dienone is 1. The van der Waals surface area contributed by atoms with E-state index < -0.39 is 6.10 Å². The smallest absolute Gasteiger partial charge is 0.140 e. The molecule has 2 aromatic rings. The van der Waals surface area contributed by atoms with Crippen molar-refractivity contribution in [3.05, 3.63) is 47.0 Å². The maximum Gasteiger partial charge on any atom is 0.140 e. The number of benzene rings is 1. The van der Waals surface area contributed by atoms with E-state index in [1.54, 1.807) is 6.07 Å². The monoisotopic (exact) mass is 260 g/mol. The Morgan fingerprint density at radius 2 is 2.16 bits per heavy atom. The van der Waals surface area contributed by atoms with E-state index in [4.69, 9.17) is 4.42 Å². The van der Waals surface area contributed by atoms with E-state index in [1.165, 1.54) is 18.6 Å². The van der Waals surface area contributed by atoms with Crippen LogP contribution in [0.4, 0.5) is 4.39 Å². The summed E-state index contributed by atoms with van der Waals surface area (Å²) < 4.78 is 19.0. The Bertz CT molecular complexity index is 639. The summed E-state index contributed by atoms with van der Waals surface area (Å²) in [5.41, 5.74) is 2.48. The summed E-state index contributed by atoms with van der Waals surface area (Å²) in [6.45, 7) is 1.87. The predicted octanol–water partition coefficient (Wildman–Crippen LogP) is 4.41. The number of hydrogen-bond donors (Lipinski definition) is 1. The molecule has 3 heteroatoms. The van der Waals surface area contributed by atoms with Crippen LogP contribution in [0.5, 0.6) is 0 Å². The van der Waals surface area contributed by atoms with Gasteiger partial charge in [0.25, 0.3) is 0 Å². The average Bonchev–Trinajstić information content (AvgIpc) is 2.76. The van der Waals surface area contributed by atoms with Gasteiger partial charge in [0, 0.05) is 10.9 Å². The topological polar surface area (TPSA) is 33.4 Å². The van der Waals surface area contributed by atoms with Crippen LogP contribution < -0.4 is 0 Å². The molecule has 1 atom stereocenters. The van der Waals surface area contributed by atoms with Crippen molar-refractivity contribution in [1.29, 1.82) is 0 Å². The lowest BCUT2D eigenvalue weighted by molar-refractivity contribution is 0.180. The largest absolute Gasteiger partial charge is 0.458 e. The first kappa shape index (κ1) is 12.4. The number of hydrogen-bond acceptors (Lipinski definition) is 2. The molecule has 1 N–H and O–H groups in total. The van der Waals surface area contributed by atoms with Crippen molar-refractivity contribution in [3.63, 3.8) is 0 Å². The van der Waals surface area contributed by atoms with E-state index in [0.717, 1.165) is 35.8 Å². The van der Waals surface area contributed by atoms with Crippen LogP contribution in [0, 0.1) is 12.7 Å². The summed E-state index contributed by atoms with van der Waals surface area (Å²) in [6, 6.07) is 4.45. The fourth-order valence-electron chi connectivity index (χ4n) is 2.75. The Balaban J connectivity index is 2.05. The lowest BCUT2D eigenvalue weighted by atomic mass is 9.93. The molecule has 1 aliphatic carbocycles. The fourth-order valence-corrected chi connectivity index (χ4v) is 2.75. The number of furan rings is 1.